The molecule has 88 valence electrons. The van der Waals surface area contributed by atoms with Crippen molar-refractivity contribution in [2.75, 3.05) is 19.5 Å². The SMILES string of the molecule is CN(C(=O)CCCCl)C1=CC(C2CC2)=NC1. The molecular weight excluding hydrogens is 224 g/mol. The number of halogens is 1. The first-order chi connectivity index (χ1) is 7.72. The highest BCUT2D eigenvalue weighted by molar-refractivity contribution is 6.17. The Hall–Kier alpha value is -0.830. The normalized spacial score (nSPS) is 19.4. The highest BCUT2D eigenvalue weighted by Gasteiger charge is 2.29. The number of rotatable bonds is 5. The van der Waals surface area contributed by atoms with Gasteiger partial charge in [0.25, 0.3) is 0 Å². The molecule has 2 rings (SSSR count). The van der Waals surface area contributed by atoms with Crippen LogP contribution in [0.3, 0.4) is 0 Å². The lowest BCUT2D eigenvalue weighted by Gasteiger charge is -2.17. The number of allylic oxidation sites excluding steroid dienone is 1. The van der Waals surface area contributed by atoms with Gasteiger partial charge in [-0.25, -0.2) is 0 Å². The molecule has 3 nitrogen and oxygen atoms in total. The van der Waals surface area contributed by atoms with Crippen molar-refractivity contribution in [1.29, 1.82) is 0 Å². The molecule has 0 aromatic carbocycles. The fourth-order valence-corrected chi connectivity index (χ4v) is 1.94. The van der Waals surface area contributed by atoms with Gasteiger partial charge in [-0.3, -0.25) is 9.79 Å². The quantitative estimate of drug-likeness (QED) is 0.679. The summed E-state index contributed by atoms with van der Waals surface area (Å²) < 4.78 is 0. The number of alkyl halides is 1. The van der Waals surface area contributed by atoms with Crippen LogP contribution in [0, 0.1) is 5.92 Å². The van der Waals surface area contributed by atoms with E-state index in [-0.39, 0.29) is 5.91 Å². The molecule has 0 spiro atoms. The molecule has 0 unspecified atom stereocenters. The molecule has 0 saturated heterocycles. The Bertz CT molecular complexity index is 345. The molecule has 0 aromatic heterocycles. The van der Waals surface area contributed by atoms with E-state index in [9.17, 15) is 4.79 Å². The van der Waals surface area contributed by atoms with Crippen molar-refractivity contribution in [2.24, 2.45) is 10.9 Å². The number of aliphatic imine (C=N–C) groups is 1. The minimum Gasteiger partial charge on any atom is -0.317 e. The first kappa shape index (κ1) is 11.6. The molecule has 1 fully saturated rings. The van der Waals surface area contributed by atoms with Crippen LogP contribution < -0.4 is 0 Å². The van der Waals surface area contributed by atoms with E-state index in [0.29, 0.717) is 24.8 Å². The maximum Gasteiger partial charge on any atom is 0.226 e. The fraction of sp³-hybridized carbons (Fsp3) is 0.667. The minimum atomic E-state index is 0.138. The number of carbonyl (C=O) groups is 1. The van der Waals surface area contributed by atoms with Crippen molar-refractivity contribution in [3.05, 3.63) is 11.8 Å². The fourth-order valence-electron chi connectivity index (χ4n) is 1.81. The molecule has 1 heterocycles. The number of hydrogen-bond acceptors (Lipinski definition) is 2. The van der Waals surface area contributed by atoms with E-state index in [1.807, 2.05) is 7.05 Å². The molecule has 1 aliphatic heterocycles. The van der Waals surface area contributed by atoms with Gasteiger partial charge in [-0.1, -0.05) is 0 Å². The highest BCUT2D eigenvalue weighted by atomic mass is 35.5. The largest absolute Gasteiger partial charge is 0.317 e. The molecule has 1 saturated carbocycles. The maximum absolute atomic E-state index is 11.8. The molecule has 0 bridgehead atoms. The third kappa shape index (κ3) is 2.64. The Morgan fingerprint density at radius 1 is 1.62 bits per heavy atom. The Balaban J connectivity index is 1.88. The summed E-state index contributed by atoms with van der Waals surface area (Å²) in [6, 6.07) is 0. The number of hydrogen-bond donors (Lipinski definition) is 0. The van der Waals surface area contributed by atoms with Gasteiger partial charge < -0.3 is 4.90 Å². The minimum absolute atomic E-state index is 0.138. The summed E-state index contributed by atoms with van der Waals surface area (Å²) in [5.41, 5.74) is 2.22. The van der Waals surface area contributed by atoms with Crippen molar-refractivity contribution < 1.29 is 4.79 Å². The van der Waals surface area contributed by atoms with E-state index in [1.165, 1.54) is 18.6 Å². The number of likely N-dealkylation sites (N-methyl/N-ethyl adjacent to an activating group) is 1. The average molecular weight is 241 g/mol. The molecule has 1 amide bonds. The first-order valence-corrected chi connectivity index (χ1v) is 6.33. The van der Waals surface area contributed by atoms with Gasteiger partial charge in [0.15, 0.2) is 0 Å². The van der Waals surface area contributed by atoms with Crippen LogP contribution in [0.5, 0.6) is 0 Å². The zero-order valence-corrected chi connectivity index (χ0v) is 10.3. The topological polar surface area (TPSA) is 32.7 Å². The average Bonchev–Trinajstić information content (AvgIpc) is 3.03. The summed E-state index contributed by atoms with van der Waals surface area (Å²) in [5.74, 6) is 1.35. The highest BCUT2D eigenvalue weighted by Crippen LogP contribution is 2.33. The lowest BCUT2D eigenvalue weighted by molar-refractivity contribution is -0.128. The van der Waals surface area contributed by atoms with Crippen molar-refractivity contribution in [2.45, 2.75) is 25.7 Å². The summed E-state index contributed by atoms with van der Waals surface area (Å²) in [6.45, 7) is 0.662. The summed E-state index contributed by atoms with van der Waals surface area (Å²) in [7, 11) is 1.83. The van der Waals surface area contributed by atoms with Gasteiger partial charge >= 0.3 is 0 Å². The summed E-state index contributed by atoms with van der Waals surface area (Å²) >= 11 is 5.57. The molecule has 0 radical (unpaired) electrons. The van der Waals surface area contributed by atoms with Crippen molar-refractivity contribution in [3.63, 3.8) is 0 Å². The number of carbonyl (C=O) groups excluding carboxylic acids is 1. The standard InChI is InChI=1S/C12H17ClN2O/c1-15(12(16)3-2-6-13)10-7-11(14-8-10)9-4-5-9/h7,9H,2-6,8H2,1H3. The molecule has 0 aromatic rings. The molecule has 0 atom stereocenters. The van der Waals surface area contributed by atoms with Gasteiger partial charge in [-0.05, 0) is 25.3 Å². The van der Waals surface area contributed by atoms with E-state index in [0.717, 1.165) is 12.1 Å². The van der Waals surface area contributed by atoms with Crippen molar-refractivity contribution in [1.82, 2.24) is 4.90 Å². The van der Waals surface area contributed by atoms with Gasteiger partial charge in [0.2, 0.25) is 5.91 Å². The number of nitrogens with zero attached hydrogens (tertiary/aromatic N) is 2. The lowest BCUT2D eigenvalue weighted by Crippen LogP contribution is -2.26. The van der Waals surface area contributed by atoms with Crippen LogP contribution >= 0.6 is 11.6 Å². The third-order valence-corrected chi connectivity index (χ3v) is 3.33. The van der Waals surface area contributed by atoms with Crippen molar-refractivity contribution in [3.8, 4) is 0 Å². The van der Waals surface area contributed by atoms with Gasteiger partial charge in [0.05, 0.1) is 6.54 Å². The van der Waals surface area contributed by atoms with Crippen LogP contribution in [0.2, 0.25) is 0 Å². The first-order valence-electron chi connectivity index (χ1n) is 5.80. The van der Waals surface area contributed by atoms with Crippen LogP contribution in [0.25, 0.3) is 0 Å². The molecule has 4 heteroatoms. The summed E-state index contributed by atoms with van der Waals surface area (Å²) in [5, 5.41) is 0. The van der Waals surface area contributed by atoms with Gasteiger partial charge in [-0.15, -0.1) is 11.6 Å². The number of amides is 1. The predicted molar refractivity (Wildman–Crippen MR) is 65.8 cm³/mol. The molecule has 1 aliphatic carbocycles. The van der Waals surface area contributed by atoms with E-state index >= 15 is 0 Å². The van der Waals surface area contributed by atoms with Crippen LogP contribution in [0.1, 0.15) is 25.7 Å². The van der Waals surface area contributed by atoms with Crippen LogP contribution in [-0.4, -0.2) is 36.0 Å². The monoisotopic (exact) mass is 240 g/mol. The zero-order valence-electron chi connectivity index (χ0n) is 9.58. The van der Waals surface area contributed by atoms with Gasteiger partial charge in [0, 0.05) is 36.7 Å². The second kappa shape index (κ2) is 5.00. The van der Waals surface area contributed by atoms with Crippen LogP contribution in [-0.2, 0) is 4.79 Å². The van der Waals surface area contributed by atoms with Gasteiger partial charge in [-0.2, -0.15) is 0 Å². The van der Waals surface area contributed by atoms with Gasteiger partial charge in [0.1, 0.15) is 0 Å². The van der Waals surface area contributed by atoms with E-state index in [2.05, 4.69) is 11.1 Å². The Morgan fingerprint density at radius 2 is 2.38 bits per heavy atom. The summed E-state index contributed by atoms with van der Waals surface area (Å²) in [4.78, 5) is 18.0. The molecule has 2 aliphatic rings. The lowest BCUT2D eigenvalue weighted by atomic mass is 10.2. The molecule has 16 heavy (non-hydrogen) atoms. The molecule has 0 N–H and O–H groups in total. The van der Waals surface area contributed by atoms with E-state index < -0.39 is 0 Å². The second-order valence-corrected chi connectivity index (χ2v) is 4.77. The zero-order chi connectivity index (χ0) is 11.5. The smallest absolute Gasteiger partial charge is 0.226 e. The van der Waals surface area contributed by atoms with Crippen LogP contribution in [0.15, 0.2) is 16.8 Å². The predicted octanol–water partition coefficient (Wildman–Crippen LogP) is 2.21. The Labute approximate surface area is 101 Å². The van der Waals surface area contributed by atoms with E-state index in [4.69, 9.17) is 11.6 Å². The second-order valence-electron chi connectivity index (χ2n) is 4.40. The van der Waals surface area contributed by atoms with Crippen LogP contribution in [0.4, 0.5) is 0 Å². The van der Waals surface area contributed by atoms with Crippen molar-refractivity contribution >= 4 is 23.2 Å². The molecular formula is C12H17ClN2O. The van der Waals surface area contributed by atoms with E-state index in [1.54, 1.807) is 4.90 Å². The summed E-state index contributed by atoms with van der Waals surface area (Å²) in [6.07, 6.45) is 5.86. The Kier molecular flexibility index (Phi) is 3.64. The third-order valence-electron chi connectivity index (χ3n) is 3.06. The maximum atomic E-state index is 11.8. The Morgan fingerprint density at radius 3 is 3.00 bits per heavy atom.